The molecule has 2 rings (SSSR count). The molecular formula is C17H29N3. The Kier molecular flexibility index (Phi) is 5.41. The summed E-state index contributed by atoms with van der Waals surface area (Å²) in [5.41, 5.74) is 7.43. The van der Waals surface area contributed by atoms with Gasteiger partial charge in [-0.3, -0.25) is 0 Å². The number of anilines is 1. The van der Waals surface area contributed by atoms with Crippen molar-refractivity contribution in [3.63, 3.8) is 0 Å². The Morgan fingerprint density at radius 1 is 1.40 bits per heavy atom. The van der Waals surface area contributed by atoms with Gasteiger partial charge in [0.2, 0.25) is 0 Å². The molecule has 1 aromatic rings. The molecule has 1 aliphatic rings. The fraction of sp³-hybridized carbons (Fsp3) is 0.706. The smallest absolute Gasteiger partial charge is 0.131 e. The lowest BCUT2D eigenvalue weighted by molar-refractivity contribution is 0.320. The zero-order valence-electron chi connectivity index (χ0n) is 13.2. The highest BCUT2D eigenvalue weighted by Crippen LogP contribution is 2.31. The van der Waals surface area contributed by atoms with Crippen molar-refractivity contribution in [1.82, 2.24) is 4.98 Å². The summed E-state index contributed by atoms with van der Waals surface area (Å²) in [5, 5.41) is 0. The van der Waals surface area contributed by atoms with Gasteiger partial charge in [-0.15, -0.1) is 0 Å². The Bertz CT molecular complexity index is 418. The van der Waals surface area contributed by atoms with Crippen molar-refractivity contribution in [2.24, 2.45) is 11.7 Å². The Morgan fingerprint density at radius 2 is 2.15 bits per heavy atom. The second kappa shape index (κ2) is 7.07. The van der Waals surface area contributed by atoms with Crippen LogP contribution in [0.15, 0.2) is 18.3 Å². The standard InChI is InChI=1S/C17H29N3/c1-4-15(18)12-14-9-7-11-19-17(14)20(3)16-10-6-5-8-13(16)2/h7,9,11,13,15-16H,4-6,8,10,12,18H2,1-3H3. The normalized spacial score (nSPS) is 24.4. The average Bonchev–Trinajstić information content (AvgIpc) is 2.47. The van der Waals surface area contributed by atoms with Crippen molar-refractivity contribution < 1.29 is 0 Å². The summed E-state index contributed by atoms with van der Waals surface area (Å²) in [6.45, 7) is 4.52. The van der Waals surface area contributed by atoms with Crippen molar-refractivity contribution in [3.05, 3.63) is 23.9 Å². The van der Waals surface area contributed by atoms with Gasteiger partial charge in [-0.05, 0) is 43.2 Å². The summed E-state index contributed by atoms with van der Waals surface area (Å²) < 4.78 is 0. The lowest BCUT2D eigenvalue weighted by atomic mass is 9.85. The lowest BCUT2D eigenvalue weighted by Gasteiger charge is -2.38. The first kappa shape index (κ1) is 15.3. The van der Waals surface area contributed by atoms with Gasteiger partial charge >= 0.3 is 0 Å². The Morgan fingerprint density at radius 3 is 2.85 bits per heavy atom. The SMILES string of the molecule is CCC(N)Cc1cccnc1N(C)C1CCCCC1C. The molecule has 0 aliphatic heterocycles. The zero-order chi connectivity index (χ0) is 14.5. The zero-order valence-corrected chi connectivity index (χ0v) is 13.2. The molecule has 1 aliphatic carbocycles. The van der Waals surface area contributed by atoms with Gasteiger partial charge in [-0.1, -0.05) is 32.8 Å². The first-order valence-electron chi connectivity index (χ1n) is 8.05. The molecule has 0 radical (unpaired) electrons. The number of aromatic nitrogens is 1. The van der Waals surface area contributed by atoms with Crippen LogP contribution in [0.1, 0.15) is 51.5 Å². The largest absolute Gasteiger partial charge is 0.356 e. The van der Waals surface area contributed by atoms with Crippen LogP contribution < -0.4 is 10.6 Å². The highest BCUT2D eigenvalue weighted by molar-refractivity contribution is 5.47. The minimum atomic E-state index is 0.232. The van der Waals surface area contributed by atoms with E-state index in [-0.39, 0.29) is 6.04 Å². The molecule has 2 N–H and O–H groups in total. The van der Waals surface area contributed by atoms with Crippen LogP contribution in [-0.2, 0) is 6.42 Å². The Hall–Kier alpha value is -1.09. The first-order chi connectivity index (χ1) is 9.63. The predicted molar refractivity (Wildman–Crippen MR) is 86.0 cm³/mol. The van der Waals surface area contributed by atoms with Gasteiger partial charge in [-0.25, -0.2) is 4.98 Å². The molecule has 3 atom stereocenters. The van der Waals surface area contributed by atoms with Gasteiger partial charge in [0.05, 0.1) is 0 Å². The Balaban J connectivity index is 2.18. The van der Waals surface area contributed by atoms with E-state index in [4.69, 9.17) is 5.73 Å². The molecule has 1 heterocycles. The maximum atomic E-state index is 6.13. The number of hydrogen-bond acceptors (Lipinski definition) is 3. The summed E-state index contributed by atoms with van der Waals surface area (Å²) in [4.78, 5) is 7.05. The quantitative estimate of drug-likeness (QED) is 0.896. The molecule has 3 unspecified atom stereocenters. The van der Waals surface area contributed by atoms with Crippen LogP contribution in [0.2, 0.25) is 0 Å². The highest BCUT2D eigenvalue weighted by Gasteiger charge is 2.26. The van der Waals surface area contributed by atoms with Crippen molar-refractivity contribution >= 4 is 5.82 Å². The van der Waals surface area contributed by atoms with Crippen LogP contribution in [0.25, 0.3) is 0 Å². The molecule has 1 saturated carbocycles. The third-order valence-electron chi connectivity index (χ3n) is 4.77. The van der Waals surface area contributed by atoms with Crippen LogP contribution in [0.4, 0.5) is 5.82 Å². The van der Waals surface area contributed by atoms with E-state index in [1.165, 1.54) is 31.2 Å². The van der Waals surface area contributed by atoms with Gasteiger partial charge in [0.25, 0.3) is 0 Å². The third kappa shape index (κ3) is 3.51. The van der Waals surface area contributed by atoms with Gasteiger partial charge < -0.3 is 10.6 Å². The van der Waals surface area contributed by atoms with E-state index >= 15 is 0 Å². The molecule has 3 heteroatoms. The minimum absolute atomic E-state index is 0.232. The summed E-state index contributed by atoms with van der Waals surface area (Å²) in [6.07, 6.45) is 9.18. The van der Waals surface area contributed by atoms with Gasteiger partial charge in [0, 0.05) is 25.3 Å². The molecule has 0 spiro atoms. The van der Waals surface area contributed by atoms with Gasteiger partial charge in [0.15, 0.2) is 0 Å². The first-order valence-corrected chi connectivity index (χ1v) is 8.05. The van der Waals surface area contributed by atoms with Crippen LogP contribution in [0.3, 0.4) is 0 Å². The van der Waals surface area contributed by atoms with E-state index in [1.807, 2.05) is 12.3 Å². The number of hydrogen-bond donors (Lipinski definition) is 1. The van der Waals surface area contributed by atoms with E-state index in [9.17, 15) is 0 Å². The second-order valence-electron chi connectivity index (χ2n) is 6.30. The van der Waals surface area contributed by atoms with Crippen LogP contribution in [-0.4, -0.2) is 24.1 Å². The number of pyridine rings is 1. The van der Waals surface area contributed by atoms with Crippen molar-refractivity contribution in [3.8, 4) is 0 Å². The highest BCUT2D eigenvalue weighted by atomic mass is 15.2. The minimum Gasteiger partial charge on any atom is -0.356 e. The van der Waals surface area contributed by atoms with E-state index in [2.05, 4.69) is 36.8 Å². The summed E-state index contributed by atoms with van der Waals surface area (Å²) in [5.74, 6) is 1.89. The predicted octanol–water partition coefficient (Wildman–Crippen LogP) is 3.38. The van der Waals surface area contributed by atoms with Crippen molar-refractivity contribution in [1.29, 1.82) is 0 Å². The molecule has 0 aromatic carbocycles. The second-order valence-corrected chi connectivity index (χ2v) is 6.30. The molecule has 0 bridgehead atoms. The average molecular weight is 275 g/mol. The van der Waals surface area contributed by atoms with Crippen molar-refractivity contribution in [2.45, 2.75) is 64.5 Å². The number of nitrogens with zero attached hydrogens (tertiary/aromatic N) is 2. The monoisotopic (exact) mass is 275 g/mol. The topological polar surface area (TPSA) is 42.1 Å². The summed E-state index contributed by atoms with van der Waals surface area (Å²) in [7, 11) is 2.20. The lowest BCUT2D eigenvalue weighted by Crippen LogP contribution is -2.40. The van der Waals surface area contributed by atoms with Gasteiger partial charge in [0.1, 0.15) is 5.82 Å². The Labute approximate surface area is 123 Å². The molecule has 1 aromatic heterocycles. The molecule has 1 fully saturated rings. The molecule has 0 saturated heterocycles. The summed E-state index contributed by atoms with van der Waals surface area (Å²) in [6, 6.07) is 5.06. The molecular weight excluding hydrogens is 246 g/mol. The van der Waals surface area contributed by atoms with E-state index in [1.54, 1.807) is 0 Å². The van der Waals surface area contributed by atoms with Crippen molar-refractivity contribution in [2.75, 3.05) is 11.9 Å². The maximum absolute atomic E-state index is 6.13. The molecule has 0 amide bonds. The van der Waals surface area contributed by atoms with Crippen LogP contribution in [0, 0.1) is 5.92 Å². The maximum Gasteiger partial charge on any atom is 0.131 e. The fourth-order valence-corrected chi connectivity index (χ4v) is 3.36. The summed E-state index contributed by atoms with van der Waals surface area (Å²) >= 11 is 0. The van der Waals surface area contributed by atoms with E-state index < -0.39 is 0 Å². The molecule has 20 heavy (non-hydrogen) atoms. The molecule has 3 nitrogen and oxygen atoms in total. The number of rotatable bonds is 5. The van der Waals surface area contributed by atoms with Gasteiger partial charge in [-0.2, -0.15) is 0 Å². The number of nitrogens with two attached hydrogens (primary N) is 1. The van der Waals surface area contributed by atoms with Crippen LogP contribution >= 0.6 is 0 Å². The van der Waals surface area contributed by atoms with E-state index in [0.717, 1.165) is 24.6 Å². The fourth-order valence-electron chi connectivity index (χ4n) is 3.36. The van der Waals surface area contributed by atoms with Crippen LogP contribution in [0.5, 0.6) is 0 Å². The third-order valence-corrected chi connectivity index (χ3v) is 4.77. The van der Waals surface area contributed by atoms with E-state index in [0.29, 0.717) is 6.04 Å². The molecule has 112 valence electrons.